The van der Waals surface area contributed by atoms with E-state index in [1.807, 2.05) is 0 Å². The molecule has 2 nitrogen and oxygen atoms in total. The molecule has 8 heavy (non-hydrogen) atoms. The summed E-state index contributed by atoms with van der Waals surface area (Å²) >= 11 is 0. The van der Waals surface area contributed by atoms with Crippen molar-refractivity contribution in [3.8, 4) is 0 Å². The van der Waals surface area contributed by atoms with E-state index in [2.05, 4.69) is 13.6 Å². The first-order chi connectivity index (χ1) is 3.90. The summed E-state index contributed by atoms with van der Waals surface area (Å²) in [7, 11) is 3.66. The van der Waals surface area contributed by atoms with Gasteiger partial charge in [-0.1, -0.05) is 8.93 Å². The highest BCUT2D eigenvalue weighted by Crippen LogP contribution is 2.39. The number of fused-ring (bicyclic) bond motifs is 1. The van der Waals surface area contributed by atoms with Crippen molar-refractivity contribution in [2.75, 3.05) is 13.1 Å². The zero-order chi connectivity index (χ0) is 5.56. The summed E-state index contributed by atoms with van der Waals surface area (Å²) in [5.41, 5.74) is 0. The van der Waals surface area contributed by atoms with E-state index in [0.717, 1.165) is 8.42 Å². The van der Waals surface area contributed by atoms with Crippen LogP contribution in [0.15, 0.2) is 0 Å². The first-order valence-corrected chi connectivity index (χ1v) is 5.52. The third-order valence-electron chi connectivity index (χ3n) is 1.67. The van der Waals surface area contributed by atoms with Crippen molar-refractivity contribution in [2.24, 2.45) is 0 Å². The molecule has 2 saturated heterocycles. The summed E-state index contributed by atoms with van der Waals surface area (Å²) in [4.78, 5) is 0. The average molecular weight is 149 g/mol. The quantitative estimate of drug-likeness (QED) is 0.397. The smallest absolute Gasteiger partial charge is 0.0985 e. The standard InChI is InChI=1S/C4H9NOP2/c7-8-5-1-3-4(2-5)6-3/h3-4,8H,1-2,7H2. The van der Waals surface area contributed by atoms with E-state index in [1.165, 1.54) is 13.1 Å². The van der Waals surface area contributed by atoms with Gasteiger partial charge < -0.3 is 4.74 Å². The molecule has 2 aliphatic heterocycles. The molecule has 0 aliphatic carbocycles. The lowest BCUT2D eigenvalue weighted by Crippen LogP contribution is -2.12. The maximum absolute atomic E-state index is 5.24. The van der Waals surface area contributed by atoms with Crippen LogP contribution in [0.25, 0.3) is 0 Å². The van der Waals surface area contributed by atoms with Gasteiger partial charge in [-0.15, -0.1) is 0 Å². The number of rotatable bonds is 1. The van der Waals surface area contributed by atoms with Crippen LogP contribution in [0.5, 0.6) is 0 Å². The summed E-state index contributed by atoms with van der Waals surface area (Å²) in [5, 5.41) is 0. The number of ether oxygens (including phenoxy) is 1. The van der Waals surface area contributed by atoms with Gasteiger partial charge in [-0.25, -0.2) is 0 Å². The monoisotopic (exact) mass is 149 g/mol. The number of hydrogen-bond acceptors (Lipinski definition) is 2. The molecule has 0 radical (unpaired) electrons. The Morgan fingerprint density at radius 1 is 1.50 bits per heavy atom. The van der Waals surface area contributed by atoms with E-state index >= 15 is 0 Å². The van der Waals surface area contributed by atoms with E-state index in [1.54, 1.807) is 0 Å². The van der Waals surface area contributed by atoms with Gasteiger partial charge in [0.2, 0.25) is 0 Å². The molecule has 0 spiro atoms. The van der Waals surface area contributed by atoms with Crippen molar-refractivity contribution in [1.82, 2.24) is 4.67 Å². The fourth-order valence-electron chi connectivity index (χ4n) is 1.11. The minimum atomic E-state index is 0.614. The molecule has 2 fully saturated rings. The van der Waals surface area contributed by atoms with Crippen LogP contribution in [0.1, 0.15) is 0 Å². The van der Waals surface area contributed by atoms with E-state index in [4.69, 9.17) is 4.74 Å². The van der Waals surface area contributed by atoms with Gasteiger partial charge in [0, 0.05) is 13.1 Å². The fourth-order valence-corrected chi connectivity index (χ4v) is 2.32. The van der Waals surface area contributed by atoms with Crippen molar-refractivity contribution in [3.63, 3.8) is 0 Å². The Kier molecular flexibility index (Phi) is 1.31. The number of hydrogen-bond donors (Lipinski definition) is 0. The van der Waals surface area contributed by atoms with Crippen LogP contribution in [0, 0.1) is 0 Å². The van der Waals surface area contributed by atoms with Crippen LogP contribution in [-0.4, -0.2) is 30.0 Å². The maximum Gasteiger partial charge on any atom is 0.0985 e. The van der Waals surface area contributed by atoms with Gasteiger partial charge in [0.1, 0.15) is 0 Å². The fraction of sp³-hybridized carbons (Fsp3) is 1.00. The molecule has 0 aromatic carbocycles. The molecule has 2 heterocycles. The Labute approximate surface area is 52.9 Å². The first kappa shape index (κ1) is 5.56. The van der Waals surface area contributed by atoms with Crippen LogP contribution in [0.2, 0.25) is 0 Å². The normalized spacial score (nSPS) is 46.1. The molecule has 4 atom stereocenters. The zero-order valence-electron chi connectivity index (χ0n) is 4.50. The molecule has 0 saturated carbocycles. The molecular weight excluding hydrogens is 140 g/mol. The molecule has 0 aromatic rings. The molecule has 0 bridgehead atoms. The first-order valence-electron chi connectivity index (χ1n) is 2.77. The van der Waals surface area contributed by atoms with Crippen LogP contribution in [0.4, 0.5) is 0 Å². The van der Waals surface area contributed by atoms with Gasteiger partial charge in [-0.05, 0) is 8.42 Å². The average Bonchev–Trinajstić information content (AvgIpc) is 2.40. The van der Waals surface area contributed by atoms with Crippen LogP contribution in [-0.2, 0) is 4.74 Å². The molecule has 2 aliphatic rings. The second-order valence-electron chi connectivity index (χ2n) is 2.25. The van der Waals surface area contributed by atoms with E-state index in [0.29, 0.717) is 12.2 Å². The predicted molar refractivity (Wildman–Crippen MR) is 38.3 cm³/mol. The van der Waals surface area contributed by atoms with Crippen molar-refractivity contribution in [3.05, 3.63) is 0 Å². The third-order valence-corrected chi connectivity index (χ3v) is 3.50. The highest BCUT2D eigenvalue weighted by atomic mass is 32.0. The van der Waals surface area contributed by atoms with Gasteiger partial charge in [0.15, 0.2) is 0 Å². The summed E-state index contributed by atoms with van der Waals surface area (Å²) < 4.78 is 7.66. The minimum Gasteiger partial charge on any atom is -0.367 e. The molecular formula is C4H9NOP2. The lowest BCUT2D eigenvalue weighted by Gasteiger charge is -2.11. The Morgan fingerprint density at radius 3 is 2.50 bits per heavy atom. The molecule has 4 unspecified atom stereocenters. The lowest BCUT2D eigenvalue weighted by molar-refractivity contribution is 0.283. The highest BCUT2D eigenvalue weighted by Gasteiger charge is 2.46. The van der Waals surface area contributed by atoms with Crippen molar-refractivity contribution in [2.45, 2.75) is 12.2 Å². The van der Waals surface area contributed by atoms with Gasteiger partial charge in [0.05, 0.1) is 12.2 Å². The summed E-state index contributed by atoms with van der Waals surface area (Å²) in [6.45, 7) is 2.35. The SMILES string of the molecule is PPN1CC2OC2C1. The van der Waals surface area contributed by atoms with Crippen LogP contribution < -0.4 is 0 Å². The van der Waals surface area contributed by atoms with E-state index < -0.39 is 0 Å². The lowest BCUT2D eigenvalue weighted by atomic mass is 10.4. The molecule has 0 amide bonds. The Bertz CT molecular complexity index is 100. The summed E-state index contributed by atoms with van der Waals surface area (Å²) in [6.07, 6.45) is 1.23. The molecule has 0 N–H and O–H groups in total. The van der Waals surface area contributed by atoms with Crippen molar-refractivity contribution >= 4 is 17.3 Å². The largest absolute Gasteiger partial charge is 0.367 e. The van der Waals surface area contributed by atoms with Crippen LogP contribution in [0.3, 0.4) is 0 Å². The van der Waals surface area contributed by atoms with E-state index in [-0.39, 0.29) is 0 Å². The van der Waals surface area contributed by atoms with Crippen molar-refractivity contribution in [1.29, 1.82) is 0 Å². The molecule has 0 aromatic heterocycles. The Morgan fingerprint density at radius 2 is 2.12 bits per heavy atom. The van der Waals surface area contributed by atoms with Crippen molar-refractivity contribution < 1.29 is 4.74 Å². The van der Waals surface area contributed by atoms with Gasteiger partial charge >= 0.3 is 0 Å². The number of epoxide rings is 1. The Hall–Kier alpha value is 0.780. The van der Waals surface area contributed by atoms with Gasteiger partial charge in [-0.2, -0.15) is 0 Å². The second-order valence-corrected chi connectivity index (χ2v) is 3.91. The summed E-state index contributed by atoms with van der Waals surface area (Å²) in [6, 6.07) is 0. The molecule has 4 heteroatoms. The van der Waals surface area contributed by atoms with Crippen LogP contribution >= 0.6 is 17.3 Å². The molecule has 2 rings (SSSR count). The number of morpholine rings is 1. The van der Waals surface area contributed by atoms with Gasteiger partial charge in [0.25, 0.3) is 0 Å². The number of nitrogens with zero attached hydrogens (tertiary/aromatic N) is 1. The van der Waals surface area contributed by atoms with Gasteiger partial charge in [-0.3, -0.25) is 4.67 Å². The zero-order valence-corrected chi connectivity index (χ0v) is 6.66. The summed E-state index contributed by atoms with van der Waals surface area (Å²) in [5.74, 6) is 0. The van der Waals surface area contributed by atoms with E-state index in [9.17, 15) is 0 Å². The third kappa shape index (κ3) is 0.804. The highest BCUT2D eigenvalue weighted by molar-refractivity contribution is 8.01. The Balaban J connectivity index is 1.89. The predicted octanol–water partition coefficient (Wildman–Crippen LogP) is 0.453. The minimum absolute atomic E-state index is 0.614. The topological polar surface area (TPSA) is 15.8 Å². The second kappa shape index (κ2) is 1.88. The molecule has 46 valence electrons. The maximum atomic E-state index is 5.24.